The minimum Gasteiger partial charge on any atom is -0.467 e. The summed E-state index contributed by atoms with van der Waals surface area (Å²) < 4.78 is 5.19. The van der Waals surface area contributed by atoms with Gasteiger partial charge in [0.25, 0.3) is 0 Å². The van der Waals surface area contributed by atoms with Crippen LogP contribution in [-0.4, -0.2) is 18.5 Å². The molecule has 1 amide bonds. The lowest BCUT2D eigenvalue weighted by Gasteiger charge is -2.26. The molecule has 2 rings (SSSR count). The van der Waals surface area contributed by atoms with E-state index >= 15 is 0 Å². The second kappa shape index (κ2) is 6.24. The Morgan fingerprint density at radius 2 is 2.21 bits per heavy atom. The van der Waals surface area contributed by atoms with Gasteiger partial charge in [0.05, 0.1) is 18.8 Å². The van der Waals surface area contributed by atoms with Gasteiger partial charge < -0.3 is 15.1 Å². The number of furan rings is 1. The summed E-state index contributed by atoms with van der Waals surface area (Å²) in [5.41, 5.74) is 0.371. The van der Waals surface area contributed by atoms with Gasteiger partial charge in [0.15, 0.2) is 0 Å². The van der Waals surface area contributed by atoms with Crippen LogP contribution >= 0.6 is 0 Å². The van der Waals surface area contributed by atoms with Crippen molar-refractivity contribution in [1.82, 2.24) is 10.6 Å². The molecule has 1 fully saturated rings. The molecule has 4 heteroatoms. The first kappa shape index (κ1) is 14.1. The summed E-state index contributed by atoms with van der Waals surface area (Å²) in [4.78, 5) is 11.9. The molecule has 0 radical (unpaired) electrons. The van der Waals surface area contributed by atoms with Crippen LogP contribution in [0.2, 0.25) is 0 Å². The SMILES string of the molecule is CC(NCC1(C)CCCC1)C(=O)NCc1ccco1. The van der Waals surface area contributed by atoms with Gasteiger partial charge in [0, 0.05) is 6.54 Å². The maximum atomic E-state index is 11.9. The van der Waals surface area contributed by atoms with Gasteiger partial charge in [-0.3, -0.25) is 4.79 Å². The third-order valence-corrected chi connectivity index (χ3v) is 4.06. The number of hydrogen-bond acceptors (Lipinski definition) is 3. The number of carbonyl (C=O) groups is 1. The molecule has 1 aromatic heterocycles. The van der Waals surface area contributed by atoms with Crippen molar-refractivity contribution in [1.29, 1.82) is 0 Å². The first-order chi connectivity index (χ1) is 9.09. The Balaban J connectivity index is 1.70. The fourth-order valence-corrected chi connectivity index (χ4v) is 2.64. The first-order valence-corrected chi connectivity index (χ1v) is 7.13. The van der Waals surface area contributed by atoms with Crippen LogP contribution in [0, 0.1) is 5.41 Å². The quantitative estimate of drug-likeness (QED) is 0.830. The van der Waals surface area contributed by atoms with E-state index in [4.69, 9.17) is 4.42 Å². The van der Waals surface area contributed by atoms with Crippen LogP contribution in [0.3, 0.4) is 0 Å². The summed E-state index contributed by atoms with van der Waals surface area (Å²) >= 11 is 0. The van der Waals surface area contributed by atoms with E-state index in [0.717, 1.165) is 12.3 Å². The average molecular weight is 264 g/mol. The highest BCUT2D eigenvalue weighted by Gasteiger charge is 2.29. The van der Waals surface area contributed by atoms with Gasteiger partial charge >= 0.3 is 0 Å². The molecule has 106 valence electrons. The zero-order valence-corrected chi connectivity index (χ0v) is 11.9. The van der Waals surface area contributed by atoms with E-state index in [1.165, 1.54) is 25.7 Å². The molecule has 0 aliphatic heterocycles. The summed E-state index contributed by atoms with van der Waals surface area (Å²) in [5, 5.41) is 6.23. The van der Waals surface area contributed by atoms with E-state index in [-0.39, 0.29) is 11.9 Å². The van der Waals surface area contributed by atoms with Crippen LogP contribution in [0.4, 0.5) is 0 Å². The maximum Gasteiger partial charge on any atom is 0.237 e. The molecule has 0 spiro atoms. The fourth-order valence-electron chi connectivity index (χ4n) is 2.64. The van der Waals surface area contributed by atoms with Crippen molar-refractivity contribution < 1.29 is 9.21 Å². The monoisotopic (exact) mass is 264 g/mol. The Kier molecular flexibility index (Phi) is 4.64. The van der Waals surface area contributed by atoms with Gasteiger partial charge in [-0.15, -0.1) is 0 Å². The summed E-state index contributed by atoms with van der Waals surface area (Å²) in [7, 11) is 0. The topological polar surface area (TPSA) is 54.3 Å². The second-order valence-electron chi connectivity index (χ2n) is 5.92. The molecule has 1 atom stereocenters. The standard InChI is InChI=1S/C15H24N2O2/c1-12(17-11-15(2)7-3-4-8-15)14(18)16-10-13-6-5-9-19-13/h5-6,9,12,17H,3-4,7-8,10-11H2,1-2H3,(H,16,18). The lowest BCUT2D eigenvalue weighted by Crippen LogP contribution is -2.45. The molecule has 1 unspecified atom stereocenters. The Bertz CT molecular complexity index is 394. The maximum absolute atomic E-state index is 11.9. The molecule has 19 heavy (non-hydrogen) atoms. The first-order valence-electron chi connectivity index (χ1n) is 7.13. The van der Waals surface area contributed by atoms with Gasteiger partial charge in [-0.05, 0) is 37.3 Å². The minimum absolute atomic E-state index is 0.0259. The normalized spacial score (nSPS) is 19.3. The summed E-state index contributed by atoms with van der Waals surface area (Å²) in [6, 6.07) is 3.52. The molecule has 0 saturated heterocycles. The summed E-state index contributed by atoms with van der Waals surface area (Å²) in [6.45, 7) is 5.59. The van der Waals surface area contributed by atoms with Crippen LogP contribution in [-0.2, 0) is 11.3 Å². The van der Waals surface area contributed by atoms with Crippen LogP contribution in [0.5, 0.6) is 0 Å². The molecular formula is C15H24N2O2. The van der Waals surface area contributed by atoms with Gasteiger partial charge in [-0.1, -0.05) is 19.8 Å². The molecule has 1 aromatic rings. The highest BCUT2D eigenvalue weighted by molar-refractivity contribution is 5.81. The van der Waals surface area contributed by atoms with Crippen molar-refractivity contribution in [3.8, 4) is 0 Å². The molecular weight excluding hydrogens is 240 g/mol. The van der Waals surface area contributed by atoms with Crippen molar-refractivity contribution in [2.24, 2.45) is 5.41 Å². The van der Waals surface area contributed by atoms with Crippen molar-refractivity contribution in [3.05, 3.63) is 24.2 Å². The molecule has 1 saturated carbocycles. The van der Waals surface area contributed by atoms with Gasteiger partial charge in [-0.2, -0.15) is 0 Å². The molecule has 4 nitrogen and oxygen atoms in total. The summed E-state index contributed by atoms with van der Waals surface area (Å²) in [5.74, 6) is 0.807. The number of hydrogen-bond donors (Lipinski definition) is 2. The largest absolute Gasteiger partial charge is 0.467 e. The number of amides is 1. The Labute approximate surface area is 114 Å². The molecule has 1 aliphatic carbocycles. The molecule has 2 N–H and O–H groups in total. The molecule has 0 bridgehead atoms. The zero-order valence-electron chi connectivity index (χ0n) is 11.9. The predicted octanol–water partition coefficient (Wildman–Crippen LogP) is 2.45. The van der Waals surface area contributed by atoms with Crippen molar-refractivity contribution in [2.75, 3.05) is 6.54 Å². The van der Waals surface area contributed by atoms with Crippen LogP contribution in [0.15, 0.2) is 22.8 Å². The van der Waals surface area contributed by atoms with Crippen molar-refractivity contribution in [3.63, 3.8) is 0 Å². The Hall–Kier alpha value is -1.29. The molecule has 1 heterocycles. The Morgan fingerprint density at radius 3 is 2.84 bits per heavy atom. The Morgan fingerprint density at radius 1 is 1.47 bits per heavy atom. The van der Waals surface area contributed by atoms with Crippen molar-refractivity contribution >= 4 is 5.91 Å². The van der Waals surface area contributed by atoms with E-state index in [0.29, 0.717) is 12.0 Å². The highest BCUT2D eigenvalue weighted by Crippen LogP contribution is 2.36. The van der Waals surface area contributed by atoms with Gasteiger partial charge in [-0.25, -0.2) is 0 Å². The fraction of sp³-hybridized carbons (Fsp3) is 0.667. The lowest BCUT2D eigenvalue weighted by molar-refractivity contribution is -0.123. The van der Waals surface area contributed by atoms with Gasteiger partial charge in [0.1, 0.15) is 5.76 Å². The molecule has 0 aromatic carbocycles. The number of carbonyl (C=O) groups excluding carboxylic acids is 1. The highest BCUT2D eigenvalue weighted by atomic mass is 16.3. The number of rotatable bonds is 6. The van der Waals surface area contributed by atoms with Crippen LogP contribution < -0.4 is 10.6 Å². The molecule has 1 aliphatic rings. The van der Waals surface area contributed by atoms with E-state index in [1.807, 2.05) is 19.1 Å². The predicted molar refractivity (Wildman–Crippen MR) is 74.6 cm³/mol. The van der Waals surface area contributed by atoms with E-state index in [1.54, 1.807) is 6.26 Å². The number of nitrogens with one attached hydrogen (secondary N) is 2. The van der Waals surface area contributed by atoms with Crippen LogP contribution in [0.1, 0.15) is 45.3 Å². The minimum atomic E-state index is -0.160. The third kappa shape index (κ3) is 4.10. The van der Waals surface area contributed by atoms with E-state index < -0.39 is 0 Å². The average Bonchev–Trinajstić information content (AvgIpc) is 3.05. The second-order valence-corrected chi connectivity index (χ2v) is 5.92. The third-order valence-electron chi connectivity index (χ3n) is 4.06. The zero-order chi connectivity index (χ0) is 13.7. The smallest absolute Gasteiger partial charge is 0.237 e. The van der Waals surface area contributed by atoms with E-state index in [2.05, 4.69) is 17.6 Å². The summed E-state index contributed by atoms with van der Waals surface area (Å²) in [6.07, 6.45) is 6.78. The lowest BCUT2D eigenvalue weighted by atomic mass is 9.88. The van der Waals surface area contributed by atoms with Crippen LogP contribution in [0.25, 0.3) is 0 Å². The van der Waals surface area contributed by atoms with E-state index in [9.17, 15) is 4.79 Å². The van der Waals surface area contributed by atoms with Crippen molar-refractivity contribution in [2.45, 2.75) is 52.1 Å². The van der Waals surface area contributed by atoms with Gasteiger partial charge in [0.2, 0.25) is 5.91 Å².